The number of nitrogens with zero attached hydrogens (tertiary/aromatic N) is 10. The highest BCUT2D eigenvalue weighted by Crippen LogP contribution is 2.39. The summed E-state index contributed by atoms with van der Waals surface area (Å²) in [6.45, 7) is 21.1. The summed E-state index contributed by atoms with van der Waals surface area (Å²) in [5.74, 6) is 0. The molecular weight excluding hydrogens is 1230 g/mol. The lowest BCUT2D eigenvalue weighted by molar-refractivity contribution is 0.388. The number of pyridine rings is 5. The lowest BCUT2D eigenvalue weighted by Crippen LogP contribution is -2.35. The van der Waals surface area contributed by atoms with Crippen LogP contribution in [0.15, 0.2) is 329 Å². The maximum atomic E-state index is 5.22. The van der Waals surface area contributed by atoms with Gasteiger partial charge in [-0.15, -0.1) is 0 Å². The minimum absolute atomic E-state index is 0.0262. The molecule has 5 aromatic heterocycles. The summed E-state index contributed by atoms with van der Waals surface area (Å²) in [7, 11) is 0. The number of para-hydroxylation sites is 1. The topological polar surface area (TPSA) is 126 Å². The van der Waals surface area contributed by atoms with Crippen LogP contribution in [-0.2, 0) is 19.3 Å². The van der Waals surface area contributed by atoms with Gasteiger partial charge in [0.2, 0.25) is 0 Å². The molecule has 0 saturated heterocycles. The van der Waals surface area contributed by atoms with Crippen LogP contribution in [0, 0.1) is 20.8 Å². The van der Waals surface area contributed by atoms with E-state index in [2.05, 4.69) is 267 Å². The third-order valence-electron chi connectivity index (χ3n) is 16.8. The van der Waals surface area contributed by atoms with Crippen LogP contribution in [0.2, 0.25) is 0 Å². The van der Waals surface area contributed by atoms with Crippen LogP contribution in [0.1, 0.15) is 130 Å². The largest absolute Gasteiger partial charge is 0.284 e. The monoisotopic (exact) mass is 1330 g/mol. The molecule has 101 heavy (non-hydrogen) atoms. The predicted molar refractivity (Wildman–Crippen MR) is 428 cm³/mol. The first-order valence-corrected chi connectivity index (χ1v) is 34.9. The maximum absolute atomic E-state index is 5.22. The molecule has 0 spiro atoms. The van der Waals surface area contributed by atoms with Crippen molar-refractivity contribution in [3.63, 3.8) is 0 Å². The van der Waals surface area contributed by atoms with Crippen molar-refractivity contribution < 1.29 is 0 Å². The summed E-state index contributed by atoms with van der Waals surface area (Å²) in [5.41, 5.74) is 19.4. The summed E-state index contributed by atoms with van der Waals surface area (Å²) in [5, 5.41) is 0. The summed E-state index contributed by atoms with van der Waals surface area (Å²) in [6, 6.07) is 92.7. The average molecular weight is 1330 g/mol. The lowest BCUT2D eigenvalue weighted by atomic mass is 9.80. The van der Waals surface area contributed by atoms with E-state index >= 15 is 0 Å². The zero-order chi connectivity index (χ0) is 71.4. The van der Waals surface area contributed by atoms with Gasteiger partial charge in [-0.05, 0) is 187 Å². The van der Waals surface area contributed by atoms with Gasteiger partial charge in [-0.25, -0.2) is 0 Å². The van der Waals surface area contributed by atoms with Crippen molar-refractivity contribution >= 4 is 41.9 Å². The van der Waals surface area contributed by atoms with Crippen molar-refractivity contribution in [1.82, 2.24) is 24.9 Å². The molecule has 12 aromatic rings. The quantitative estimate of drug-likeness (QED) is 0.0703. The van der Waals surface area contributed by atoms with E-state index < -0.39 is 0 Å². The van der Waals surface area contributed by atoms with Gasteiger partial charge < -0.3 is 0 Å². The van der Waals surface area contributed by atoms with E-state index in [9.17, 15) is 0 Å². The number of aliphatic imine (C=N–C) groups is 5. The summed E-state index contributed by atoms with van der Waals surface area (Å²) in [4.78, 5) is 45.3. The van der Waals surface area contributed by atoms with Gasteiger partial charge in [-0.1, -0.05) is 239 Å². The molecule has 5 heterocycles. The SMILES string of the molecule is C(=NC(Cc1ccccc1)(Cc1ccccc1)Cc1ccccc1)c1ccccn1.C(=Nc1c(-c2ccccc2)cccc1-c1ccccc1)c1ccccn1.CC(=NC(C)(C)C)c1ccccn1.CCC(CC)(CC)N=Cc1ccccn1.Cc1cc(C)c(N=Cc2ccccn2)c(C)c1. The second-order valence-electron chi connectivity index (χ2n) is 25.8. The molecule has 7 aromatic carbocycles. The Labute approximate surface area is 600 Å². The average Bonchev–Trinajstić information content (AvgIpc) is 0.813. The first kappa shape index (κ1) is 75.4. The van der Waals surface area contributed by atoms with Gasteiger partial charge in [0, 0.05) is 54.5 Å². The van der Waals surface area contributed by atoms with Crippen LogP contribution in [0.3, 0.4) is 0 Å². The highest BCUT2D eigenvalue weighted by atomic mass is 14.9. The van der Waals surface area contributed by atoms with Gasteiger partial charge in [0.15, 0.2) is 0 Å². The first-order chi connectivity index (χ1) is 49.1. The standard InChI is InChI=1S/C28H26N2.C24H18N2.C15H16N2.C13H20N2.C11H16N2/c1-4-12-24(13-5-1)20-28(21-25-14-6-2-7-15-25,22-26-16-8-3-9-17-26)30-23-27-18-10-11-19-29-27;1-3-10-19(11-4-1)22-15-9-16-23(20-12-5-2-6-13-20)24(22)26-18-21-14-7-8-17-25-21;1-11-8-12(2)15(13(3)9-11)17-10-14-6-4-5-7-16-14;1-4-13(5-2,6-3)15-11-12-9-7-8-10-14-12;1-9(13-11(2,3)4)10-7-5-6-8-12-10/h1-19,23H,20-22H2;1-18H;4-10H,1-3H3;7-11H,4-6H2,1-3H3;5-8H,1-4H3. The van der Waals surface area contributed by atoms with Crippen LogP contribution in [0.5, 0.6) is 0 Å². The summed E-state index contributed by atoms with van der Waals surface area (Å²) in [6.07, 6.45) is 22.3. The Balaban J connectivity index is 0.000000167. The third kappa shape index (κ3) is 25.5. The summed E-state index contributed by atoms with van der Waals surface area (Å²) < 4.78 is 0. The van der Waals surface area contributed by atoms with Crippen LogP contribution in [0.4, 0.5) is 11.4 Å². The molecule has 0 unspecified atom stereocenters. The highest BCUT2D eigenvalue weighted by molar-refractivity contribution is 5.97. The van der Waals surface area contributed by atoms with Crippen molar-refractivity contribution in [2.75, 3.05) is 0 Å². The maximum Gasteiger partial charge on any atom is 0.0837 e. The molecule has 0 atom stereocenters. The molecule has 0 aliphatic rings. The number of aromatic nitrogens is 5. The lowest BCUT2D eigenvalue weighted by Gasteiger charge is -2.31. The Hall–Kier alpha value is -11.4. The Morgan fingerprint density at radius 2 is 0.673 bits per heavy atom. The normalized spacial score (nSPS) is 11.6. The van der Waals surface area contributed by atoms with E-state index in [0.717, 1.165) is 106 Å². The Bertz CT molecular complexity index is 4280. The van der Waals surface area contributed by atoms with E-state index in [4.69, 9.17) is 15.0 Å². The minimum Gasteiger partial charge on any atom is -0.284 e. The molecule has 10 heteroatoms. The first-order valence-electron chi connectivity index (χ1n) is 34.9. The molecule has 510 valence electrons. The number of aryl methyl sites for hydroxylation is 3. The van der Waals surface area contributed by atoms with E-state index in [1.165, 1.54) is 33.4 Å². The molecular formula is C91H96N10. The van der Waals surface area contributed by atoms with Crippen molar-refractivity contribution in [3.8, 4) is 22.3 Å². The second kappa shape index (κ2) is 39.9. The molecule has 0 amide bonds. The number of hydrogen-bond acceptors (Lipinski definition) is 10. The van der Waals surface area contributed by atoms with Crippen LogP contribution >= 0.6 is 0 Å². The third-order valence-corrected chi connectivity index (χ3v) is 16.8. The molecule has 0 fully saturated rings. The van der Waals surface area contributed by atoms with E-state index in [0.29, 0.717) is 0 Å². The molecule has 0 N–H and O–H groups in total. The zero-order valence-electron chi connectivity index (χ0n) is 60.4. The predicted octanol–water partition coefficient (Wildman–Crippen LogP) is 22.0. The fourth-order valence-electron chi connectivity index (χ4n) is 11.6. The molecule has 0 radical (unpaired) electrons. The smallest absolute Gasteiger partial charge is 0.0837 e. The molecule has 0 aliphatic heterocycles. The highest BCUT2D eigenvalue weighted by Gasteiger charge is 2.31. The number of hydrogen-bond donors (Lipinski definition) is 0. The summed E-state index contributed by atoms with van der Waals surface area (Å²) >= 11 is 0. The zero-order valence-corrected chi connectivity index (χ0v) is 60.4. The van der Waals surface area contributed by atoms with Crippen molar-refractivity contribution in [2.24, 2.45) is 25.0 Å². The van der Waals surface area contributed by atoms with Gasteiger partial charge in [0.1, 0.15) is 0 Å². The number of rotatable bonds is 20. The minimum atomic E-state index is -0.304. The van der Waals surface area contributed by atoms with E-state index in [1.807, 2.05) is 141 Å². The van der Waals surface area contributed by atoms with Gasteiger partial charge >= 0.3 is 0 Å². The van der Waals surface area contributed by atoms with Crippen molar-refractivity contribution in [1.29, 1.82) is 0 Å². The van der Waals surface area contributed by atoms with Gasteiger partial charge in [-0.2, -0.15) is 0 Å². The Kier molecular flexibility index (Phi) is 29.8. The van der Waals surface area contributed by atoms with Crippen LogP contribution in [-0.4, -0.2) is 72.1 Å². The van der Waals surface area contributed by atoms with Gasteiger partial charge in [0.25, 0.3) is 0 Å². The Morgan fingerprint density at radius 3 is 1.01 bits per heavy atom. The molecule has 12 rings (SSSR count). The van der Waals surface area contributed by atoms with E-state index in [-0.39, 0.29) is 16.6 Å². The van der Waals surface area contributed by atoms with E-state index in [1.54, 1.807) is 24.8 Å². The molecule has 0 bridgehead atoms. The van der Waals surface area contributed by atoms with Crippen molar-refractivity contribution in [2.45, 2.75) is 124 Å². The molecule has 10 nitrogen and oxygen atoms in total. The van der Waals surface area contributed by atoms with Crippen LogP contribution in [0.25, 0.3) is 22.3 Å². The fourth-order valence-corrected chi connectivity index (χ4v) is 11.6. The van der Waals surface area contributed by atoms with Crippen molar-refractivity contribution in [3.05, 3.63) is 366 Å². The number of benzene rings is 7. The van der Waals surface area contributed by atoms with Gasteiger partial charge in [0.05, 0.1) is 74.6 Å². The second-order valence-corrected chi connectivity index (χ2v) is 25.8. The van der Waals surface area contributed by atoms with Crippen LogP contribution < -0.4 is 0 Å². The Morgan fingerprint density at radius 1 is 0.347 bits per heavy atom. The fraction of sp³-hybridized carbons (Fsp3) is 0.209. The molecule has 0 aliphatic carbocycles. The van der Waals surface area contributed by atoms with Gasteiger partial charge in [-0.3, -0.25) is 49.9 Å². The molecule has 0 saturated carbocycles.